The second-order valence-corrected chi connectivity index (χ2v) is 4.09. The van der Waals surface area contributed by atoms with Crippen LogP contribution in [0.3, 0.4) is 0 Å². The molecule has 0 atom stereocenters. The van der Waals surface area contributed by atoms with Crippen LogP contribution in [-0.4, -0.2) is 9.55 Å². The van der Waals surface area contributed by atoms with E-state index < -0.39 is 0 Å². The Hall–Kier alpha value is -2.09. The first-order valence-corrected chi connectivity index (χ1v) is 5.66. The Labute approximate surface area is 101 Å². The summed E-state index contributed by atoms with van der Waals surface area (Å²) in [5.74, 6) is 0.815. The van der Waals surface area contributed by atoms with Gasteiger partial charge in [-0.15, -0.1) is 0 Å². The van der Waals surface area contributed by atoms with Crippen molar-refractivity contribution in [1.29, 1.82) is 0 Å². The molecule has 0 saturated heterocycles. The second-order valence-electron chi connectivity index (χ2n) is 4.09. The molecule has 0 aliphatic carbocycles. The first-order chi connectivity index (χ1) is 8.34. The quantitative estimate of drug-likeness (QED) is 0.649. The molecule has 17 heavy (non-hydrogen) atoms. The van der Waals surface area contributed by atoms with Crippen LogP contribution in [0.15, 0.2) is 54.6 Å². The van der Waals surface area contributed by atoms with Crippen LogP contribution in [0.1, 0.15) is 11.4 Å². The third kappa shape index (κ3) is 1.82. The molecule has 83 valence electrons. The molecule has 0 bridgehead atoms. The van der Waals surface area contributed by atoms with Crippen molar-refractivity contribution in [3.05, 3.63) is 72.9 Å². The van der Waals surface area contributed by atoms with Gasteiger partial charge in [-0.3, -0.25) is 0 Å². The smallest absolute Gasteiger partial charge is 0.110 e. The second kappa shape index (κ2) is 4.06. The van der Waals surface area contributed by atoms with Crippen molar-refractivity contribution in [2.45, 2.75) is 6.54 Å². The molecule has 0 saturated carbocycles. The van der Waals surface area contributed by atoms with Crippen LogP contribution < -0.4 is 0 Å². The van der Waals surface area contributed by atoms with Crippen molar-refractivity contribution in [3.8, 4) is 0 Å². The Bertz CT molecular complexity index is 638. The Morgan fingerprint density at radius 1 is 0.941 bits per heavy atom. The molecular formula is C15H13N2. The Kier molecular flexibility index (Phi) is 2.41. The van der Waals surface area contributed by atoms with E-state index in [0.29, 0.717) is 0 Å². The maximum atomic E-state index is 4.46. The van der Waals surface area contributed by atoms with E-state index in [4.69, 9.17) is 0 Å². The van der Waals surface area contributed by atoms with Gasteiger partial charge in [-0.25, -0.2) is 4.98 Å². The van der Waals surface area contributed by atoms with E-state index in [1.165, 1.54) is 5.56 Å². The topological polar surface area (TPSA) is 17.8 Å². The predicted octanol–water partition coefficient (Wildman–Crippen LogP) is 3.27. The number of nitrogens with zero attached hydrogens (tertiary/aromatic N) is 2. The van der Waals surface area contributed by atoms with Crippen LogP contribution in [0.2, 0.25) is 0 Å². The van der Waals surface area contributed by atoms with Crippen molar-refractivity contribution in [2.24, 2.45) is 0 Å². The van der Waals surface area contributed by atoms with Gasteiger partial charge in [0, 0.05) is 13.5 Å². The van der Waals surface area contributed by atoms with E-state index in [0.717, 1.165) is 23.4 Å². The van der Waals surface area contributed by atoms with Crippen molar-refractivity contribution < 1.29 is 0 Å². The van der Waals surface area contributed by atoms with E-state index in [9.17, 15) is 0 Å². The van der Waals surface area contributed by atoms with Gasteiger partial charge in [-0.05, 0) is 17.7 Å². The normalized spacial score (nSPS) is 10.9. The Morgan fingerprint density at radius 2 is 1.65 bits per heavy atom. The molecule has 0 amide bonds. The minimum atomic E-state index is 0.815. The van der Waals surface area contributed by atoms with Gasteiger partial charge >= 0.3 is 0 Å². The highest BCUT2D eigenvalue weighted by Crippen LogP contribution is 2.17. The van der Waals surface area contributed by atoms with E-state index in [2.05, 4.69) is 46.8 Å². The van der Waals surface area contributed by atoms with Gasteiger partial charge in [0.2, 0.25) is 0 Å². The van der Waals surface area contributed by atoms with Gasteiger partial charge in [-0.1, -0.05) is 42.5 Å². The summed E-state index contributed by atoms with van der Waals surface area (Å²) in [5.41, 5.74) is 3.41. The zero-order chi connectivity index (χ0) is 11.7. The van der Waals surface area contributed by atoms with E-state index in [1.54, 1.807) is 0 Å². The summed E-state index contributed by atoms with van der Waals surface area (Å²) in [5, 5.41) is 0. The number of aromatic nitrogens is 2. The van der Waals surface area contributed by atoms with Crippen molar-refractivity contribution in [2.75, 3.05) is 0 Å². The summed E-state index contributed by atoms with van der Waals surface area (Å²) in [6, 6.07) is 18.5. The van der Waals surface area contributed by atoms with Crippen LogP contribution >= 0.6 is 0 Å². The lowest BCUT2D eigenvalue weighted by Crippen LogP contribution is -2.01. The SMILES string of the molecule is [CH2]c1nc2ccccc2n1Cc1ccccc1. The predicted molar refractivity (Wildman–Crippen MR) is 69.7 cm³/mol. The molecule has 0 unspecified atom stereocenters. The number of para-hydroxylation sites is 2. The zero-order valence-electron chi connectivity index (χ0n) is 9.50. The van der Waals surface area contributed by atoms with Gasteiger partial charge < -0.3 is 4.57 Å². The summed E-state index contributed by atoms with van der Waals surface area (Å²) in [6.45, 7) is 4.83. The molecule has 1 aromatic heterocycles. The molecule has 3 aromatic rings. The standard InChI is InChI=1S/C15H13N2/c1-12-16-14-9-5-6-10-15(14)17(12)11-13-7-3-2-4-8-13/h2-10H,1,11H2. The maximum Gasteiger partial charge on any atom is 0.110 e. The first-order valence-electron chi connectivity index (χ1n) is 5.66. The van der Waals surface area contributed by atoms with Crippen LogP contribution in [-0.2, 0) is 6.54 Å². The fourth-order valence-electron chi connectivity index (χ4n) is 2.07. The molecule has 0 spiro atoms. The number of hydrogen-bond donors (Lipinski definition) is 0. The molecule has 1 radical (unpaired) electrons. The minimum Gasteiger partial charge on any atom is -0.323 e. The molecule has 2 nitrogen and oxygen atoms in total. The summed E-state index contributed by atoms with van der Waals surface area (Å²) in [6.07, 6.45) is 0. The Morgan fingerprint density at radius 3 is 2.47 bits per heavy atom. The molecule has 0 N–H and O–H groups in total. The van der Waals surface area contributed by atoms with Crippen molar-refractivity contribution >= 4 is 11.0 Å². The summed E-state index contributed by atoms with van der Waals surface area (Å²) in [4.78, 5) is 4.46. The zero-order valence-corrected chi connectivity index (χ0v) is 9.50. The fraction of sp³-hybridized carbons (Fsp3) is 0.0667. The summed E-state index contributed by atoms with van der Waals surface area (Å²) >= 11 is 0. The molecule has 0 fully saturated rings. The minimum absolute atomic E-state index is 0.815. The molecule has 2 heteroatoms. The summed E-state index contributed by atoms with van der Waals surface area (Å²) in [7, 11) is 0. The van der Waals surface area contributed by atoms with E-state index in [-0.39, 0.29) is 0 Å². The van der Waals surface area contributed by atoms with Gasteiger partial charge in [-0.2, -0.15) is 0 Å². The highest BCUT2D eigenvalue weighted by Gasteiger charge is 2.06. The lowest BCUT2D eigenvalue weighted by atomic mass is 10.2. The third-order valence-corrected chi connectivity index (χ3v) is 2.92. The van der Waals surface area contributed by atoms with Crippen molar-refractivity contribution in [3.63, 3.8) is 0 Å². The van der Waals surface area contributed by atoms with Gasteiger partial charge in [0.05, 0.1) is 11.0 Å². The number of hydrogen-bond acceptors (Lipinski definition) is 1. The van der Waals surface area contributed by atoms with Gasteiger partial charge in [0.1, 0.15) is 5.82 Å². The lowest BCUT2D eigenvalue weighted by Gasteiger charge is -2.06. The molecular weight excluding hydrogens is 208 g/mol. The highest BCUT2D eigenvalue weighted by molar-refractivity contribution is 5.76. The molecule has 1 heterocycles. The number of fused-ring (bicyclic) bond motifs is 1. The number of rotatable bonds is 2. The lowest BCUT2D eigenvalue weighted by molar-refractivity contribution is 0.804. The van der Waals surface area contributed by atoms with Crippen LogP contribution in [0, 0.1) is 6.92 Å². The average molecular weight is 221 g/mol. The first kappa shape index (κ1) is 10.1. The van der Waals surface area contributed by atoms with Gasteiger partial charge in [0.25, 0.3) is 0 Å². The molecule has 3 rings (SSSR count). The van der Waals surface area contributed by atoms with E-state index >= 15 is 0 Å². The average Bonchev–Trinajstić information content (AvgIpc) is 2.68. The maximum absolute atomic E-state index is 4.46. The number of benzene rings is 2. The third-order valence-electron chi connectivity index (χ3n) is 2.92. The monoisotopic (exact) mass is 221 g/mol. The number of imidazole rings is 1. The molecule has 0 aliphatic rings. The van der Waals surface area contributed by atoms with Crippen molar-refractivity contribution in [1.82, 2.24) is 9.55 Å². The van der Waals surface area contributed by atoms with Gasteiger partial charge in [0.15, 0.2) is 0 Å². The summed E-state index contributed by atoms with van der Waals surface area (Å²) < 4.78 is 2.14. The van der Waals surface area contributed by atoms with E-state index in [1.807, 2.05) is 24.3 Å². The van der Waals surface area contributed by atoms with Crippen LogP contribution in [0.4, 0.5) is 0 Å². The van der Waals surface area contributed by atoms with Crippen LogP contribution in [0.5, 0.6) is 0 Å². The molecule has 2 aromatic carbocycles. The highest BCUT2D eigenvalue weighted by atomic mass is 15.1. The molecule has 0 aliphatic heterocycles. The Balaban J connectivity index is 2.08. The fourth-order valence-corrected chi connectivity index (χ4v) is 2.07. The largest absolute Gasteiger partial charge is 0.323 e. The van der Waals surface area contributed by atoms with Crippen LogP contribution in [0.25, 0.3) is 11.0 Å².